The maximum atomic E-state index is 9.56. The van der Waals surface area contributed by atoms with Crippen molar-refractivity contribution in [1.29, 1.82) is 0 Å². The summed E-state index contributed by atoms with van der Waals surface area (Å²) in [5.74, 6) is 0. The van der Waals surface area contributed by atoms with Gasteiger partial charge in [-0.25, -0.2) is 0 Å². The van der Waals surface area contributed by atoms with Crippen LogP contribution < -0.4 is 5.32 Å². The lowest BCUT2D eigenvalue weighted by molar-refractivity contribution is 0.103. The van der Waals surface area contributed by atoms with Crippen LogP contribution in [0.15, 0.2) is 41.8 Å². The second-order valence-corrected chi connectivity index (χ2v) is 10.2. The van der Waals surface area contributed by atoms with E-state index >= 15 is 0 Å². The molecular weight excluding hydrogens is 436 g/mol. The Morgan fingerprint density at radius 2 is 1.74 bits per heavy atom. The molecule has 2 heterocycles. The third-order valence-corrected chi connectivity index (χ3v) is 6.25. The van der Waals surface area contributed by atoms with Gasteiger partial charge in [-0.05, 0) is 43.0 Å². The minimum Gasteiger partial charge on any atom is -0.394 e. The van der Waals surface area contributed by atoms with Crippen molar-refractivity contribution in [3.63, 3.8) is 0 Å². The summed E-state index contributed by atoms with van der Waals surface area (Å²) in [4.78, 5) is 0. The third kappa shape index (κ3) is 5.08. The Morgan fingerprint density at radius 3 is 2.35 bits per heavy atom. The molecule has 2 aromatic carbocycles. The fourth-order valence-electron chi connectivity index (χ4n) is 3.68. The first-order chi connectivity index (χ1) is 14.6. The van der Waals surface area contributed by atoms with Gasteiger partial charge in [0.2, 0.25) is 0 Å². The number of fused-ring (bicyclic) bond motifs is 5. The number of aryl methyl sites for hydroxylation is 1. The first-order valence-corrected chi connectivity index (χ1v) is 12.6. The molecule has 4 N–H and O–H groups in total. The van der Waals surface area contributed by atoms with Crippen LogP contribution in [0.25, 0.3) is 31.9 Å². The predicted molar refractivity (Wildman–Crippen MR) is 127 cm³/mol. The molecule has 0 spiro atoms. The number of hydrogen-bond donors (Lipinski definition) is 4. The summed E-state index contributed by atoms with van der Waals surface area (Å²) >= 11 is 1.75. The van der Waals surface area contributed by atoms with E-state index in [0.29, 0.717) is 12.8 Å². The highest BCUT2D eigenvalue weighted by Crippen LogP contribution is 2.38. The molecule has 168 valence electrons. The number of hydrogen-bond acceptors (Lipinski definition) is 6. The minimum atomic E-state index is -3.67. The second-order valence-electron chi connectivity index (χ2n) is 7.82. The maximum Gasteiger partial charge on any atom is 0.261 e. The van der Waals surface area contributed by atoms with Gasteiger partial charge in [-0.3, -0.25) is 4.55 Å². The predicted octanol–water partition coefficient (Wildman–Crippen LogP) is 3.37. The van der Waals surface area contributed by atoms with Crippen molar-refractivity contribution in [1.82, 2.24) is 9.88 Å². The zero-order valence-electron chi connectivity index (χ0n) is 17.8. The largest absolute Gasteiger partial charge is 0.394 e. The van der Waals surface area contributed by atoms with Gasteiger partial charge >= 0.3 is 0 Å². The Kier molecular flexibility index (Phi) is 7.04. The fraction of sp³-hybridized carbons (Fsp3) is 0.364. The Morgan fingerprint density at radius 1 is 1.10 bits per heavy atom. The van der Waals surface area contributed by atoms with Gasteiger partial charge < -0.3 is 20.1 Å². The lowest BCUT2D eigenvalue weighted by Gasteiger charge is -2.26. The average molecular weight is 465 g/mol. The smallest absolute Gasteiger partial charge is 0.261 e. The number of aromatic nitrogens is 1. The average Bonchev–Trinajstić information content (AvgIpc) is 3.33. The van der Waals surface area contributed by atoms with Gasteiger partial charge in [0.25, 0.3) is 10.1 Å². The van der Waals surface area contributed by atoms with Crippen molar-refractivity contribution < 1.29 is 23.2 Å². The topological polar surface area (TPSA) is 112 Å². The number of nitrogens with zero attached hydrogens (tertiary/aromatic N) is 1. The number of aliphatic hydroxyl groups excluding tert-OH is 2. The monoisotopic (exact) mass is 464 g/mol. The fourth-order valence-corrected chi connectivity index (χ4v) is 4.60. The summed E-state index contributed by atoms with van der Waals surface area (Å²) in [6.07, 6.45) is 0.715. The number of nitrogens with one attached hydrogen (secondary N) is 1. The highest BCUT2D eigenvalue weighted by molar-refractivity contribution is 7.85. The second kappa shape index (κ2) is 9.23. The zero-order valence-corrected chi connectivity index (χ0v) is 19.4. The van der Waals surface area contributed by atoms with Crippen molar-refractivity contribution in [2.75, 3.05) is 19.5 Å². The molecule has 0 aliphatic rings. The molecule has 0 unspecified atom stereocenters. The van der Waals surface area contributed by atoms with Crippen LogP contribution in [-0.2, 0) is 23.2 Å². The van der Waals surface area contributed by atoms with Gasteiger partial charge in [-0.2, -0.15) is 8.42 Å². The molecule has 0 fully saturated rings. The summed E-state index contributed by atoms with van der Waals surface area (Å²) in [6.45, 7) is 5.35. The van der Waals surface area contributed by atoms with E-state index in [0.717, 1.165) is 6.54 Å². The van der Waals surface area contributed by atoms with Crippen LogP contribution in [0.1, 0.15) is 19.4 Å². The quantitative estimate of drug-likeness (QED) is 0.326. The van der Waals surface area contributed by atoms with Crippen molar-refractivity contribution in [3.05, 3.63) is 47.3 Å². The molecule has 2 aromatic heterocycles. The van der Waals surface area contributed by atoms with Crippen molar-refractivity contribution >= 4 is 53.3 Å². The highest BCUT2D eigenvalue weighted by atomic mass is 32.2. The lowest BCUT2D eigenvalue weighted by atomic mass is 10.0. The molecule has 0 saturated carbocycles. The molecule has 0 aliphatic carbocycles. The molecule has 0 atom stereocenters. The van der Waals surface area contributed by atoms with Crippen LogP contribution in [0.3, 0.4) is 0 Å². The maximum absolute atomic E-state index is 9.56. The van der Waals surface area contributed by atoms with Crippen LogP contribution in [0.2, 0.25) is 0 Å². The number of para-hydroxylation sites is 1. The van der Waals surface area contributed by atoms with E-state index in [9.17, 15) is 18.6 Å². The van der Waals surface area contributed by atoms with Gasteiger partial charge in [0, 0.05) is 39.5 Å². The molecular formula is C22H28N2O5S2. The van der Waals surface area contributed by atoms with Crippen LogP contribution in [0.4, 0.5) is 0 Å². The van der Waals surface area contributed by atoms with Gasteiger partial charge in [0.05, 0.1) is 30.5 Å². The molecule has 0 radical (unpaired) electrons. The van der Waals surface area contributed by atoms with Crippen molar-refractivity contribution in [2.45, 2.75) is 32.5 Å². The minimum absolute atomic E-state index is 0.103. The lowest BCUT2D eigenvalue weighted by Crippen LogP contribution is -2.48. The number of benzene rings is 2. The van der Waals surface area contributed by atoms with Crippen molar-refractivity contribution in [2.24, 2.45) is 0 Å². The van der Waals surface area contributed by atoms with E-state index in [1.165, 1.54) is 37.5 Å². The van der Waals surface area contributed by atoms with Crippen molar-refractivity contribution in [3.8, 4) is 0 Å². The van der Waals surface area contributed by atoms with Crippen LogP contribution >= 0.6 is 11.3 Å². The Balaban J connectivity index is 0.000000491. The van der Waals surface area contributed by atoms with Gasteiger partial charge in [0.1, 0.15) is 0 Å². The molecule has 7 nitrogen and oxygen atoms in total. The first kappa shape index (κ1) is 23.6. The first-order valence-electron chi connectivity index (χ1n) is 9.91. The molecule has 9 heteroatoms. The Labute approximate surface area is 185 Å². The number of rotatable bonds is 6. The normalized spacial score (nSPS) is 12.5. The van der Waals surface area contributed by atoms with E-state index < -0.39 is 15.7 Å². The molecule has 0 bridgehead atoms. The molecule has 4 rings (SSSR count). The zero-order chi connectivity index (χ0) is 22.8. The molecule has 0 aliphatic heterocycles. The summed E-state index contributed by atoms with van der Waals surface area (Å²) in [5, 5.41) is 28.4. The standard InChI is InChI=1S/C21H24N2O2S.CH4O3S/c1-3-23-18-7-5-4-6-15(18)17-10-14(11-22-21(2,12-24)13-25)20-16(19(17)23)8-9-26-20;1-5(2,3)4/h4-10,22,24-25H,3,11-13H2,1-2H3;1H3,(H,2,3,4). The van der Waals surface area contributed by atoms with E-state index in [1.54, 1.807) is 11.3 Å². The molecule has 4 aromatic rings. The molecule has 31 heavy (non-hydrogen) atoms. The SMILES string of the molecule is CCn1c2ccccc2c2cc(CNC(C)(CO)CO)c3sccc3c21.CS(=O)(=O)O. The van der Waals surface area contributed by atoms with Crippen LogP contribution in [-0.4, -0.2) is 52.8 Å². The summed E-state index contributed by atoms with van der Waals surface area (Å²) in [7, 11) is -3.67. The van der Waals surface area contributed by atoms with Gasteiger partial charge in [-0.15, -0.1) is 11.3 Å². The highest BCUT2D eigenvalue weighted by Gasteiger charge is 2.22. The number of aliphatic hydroxyl groups is 2. The third-order valence-electron chi connectivity index (χ3n) is 5.26. The molecule has 0 amide bonds. The number of thiophene rings is 1. The van der Waals surface area contributed by atoms with E-state index in [4.69, 9.17) is 4.55 Å². The van der Waals surface area contributed by atoms with Gasteiger partial charge in [0.15, 0.2) is 0 Å². The molecule has 0 saturated heterocycles. The Hall–Kier alpha value is -2.01. The van der Waals surface area contributed by atoms with Crippen LogP contribution in [0.5, 0.6) is 0 Å². The van der Waals surface area contributed by atoms with E-state index in [2.05, 4.69) is 58.6 Å². The van der Waals surface area contributed by atoms with Crippen LogP contribution in [0, 0.1) is 0 Å². The Bertz CT molecular complexity index is 1300. The summed E-state index contributed by atoms with van der Waals surface area (Å²) in [6, 6.07) is 13.0. The summed E-state index contributed by atoms with van der Waals surface area (Å²) < 4.78 is 29.5. The van der Waals surface area contributed by atoms with Gasteiger partial charge in [-0.1, -0.05) is 18.2 Å². The summed E-state index contributed by atoms with van der Waals surface area (Å²) in [5.41, 5.74) is 3.07. The van der Waals surface area contributed by atoms with E-state index in [-0.39, 0.29) is 13.2 Å². The van der Waals surface area contributed by atoms with E-state index in [1.807, 2.05) is 6.92 Å².